The maximum absolute atomic E-state index is 13.6. The lowest BCUT2D eigenvalue weighted by Gasteiger charge is -2.13. The van der Waals surface area contributed by atoms with E-state index in [0.717, 1.165) is 0 Å². The van der Waals surface area contributed by atoms with Crippen LogP contribution in [0.3, 0.4) is 0 Å². The topological polar surface area (TPSA) is 50.7 Å². The van der Waals surface area contributed by atoms with E-state index in [2.05, 4.69) is 20.3 Å². The second-order valence-corrected chi connectivity index (χ2v) is 4.36. The predicted molar refractivity (Wildman–Crippen MR) is 66.5 cm³/mol. The fourth-order valence-electron chi connectivity index (χ4n) is 1.63. The molecule has 0 fully saturated rings. The van der Waals surface area contributed by atoms with Crippen molar-refractivity contribution >= 4 is 0 Å². The molecule has 2 aromatic heterocycles. The van der Waals surface area contributed by atoms with Gasteiger partial charge in [0, 0.05) is 25.1 Å². The van der Waals surface area contributed by atoms with E-state index in [1.165, 1.54) is 0 Å². The second-order valence-electron chi connectivity index (χ2n) is 4.36. The monoisotopic (exact) mass is 300 g/mol. The fourth-order valence-corrected chi connectivity index (χ4v) is 1.63. The van der Waals surface area contributed by atoms with Gasteiger partial charge in [0.2, 0.25) is 0 Å². The highest BCUT2D eigenvalue weighted by atomic mass is 19.4. The molecule has 8 heteroatoms. The van der Waals surface area contributed by atoms with Gasteiger partial charge in [-0.3, -0.25) is 4.98 Å². The smallest absolute Gasteiger partial charge is 0.302 e. The largest absolute Gasteiger partial charge is 0.417 e. The summed E-state index contributed by atoms with van der Waals surface area (Å²) in [6, 6.07) is 1.82. The molecular weight excluding hydrogens is 288 g/mol. The lowest BCUT2D eigenvalue weighted by molar-refractivity contribution is -0.138. The Labute approximate surface area is 118 Å². The summed E-state index contributed by atoms with van der Waals surface area (Å²) >= 11 is 0. The minimum Gasteiger partial charge on any atom is -0.302 e. The number of halogens is 4. The van der Waals surface area contributed by atoms with Crippen molar-refractivity contribution in [1.82, 2.24) is 20.3 Å². The molecule has 2 heterocycles. The van der Waals surface area contributed by atoms with E-state index in [4.69, 9.17) is 0 Å². The van der Waals surface area contributed by atoms with Gasteiger partial charge in [0.05, 0.1) is 17.3 Å². The van der Waals surface area contributed by atoms with Crippen molar-refractivity contribution in [3.8, 4) is 0 Å². The number of pyridine rings is 1. The quantitative estimate of drug-likeness (QED) is 0.882. The third-order valence-corrected chi connectivity index (χ3v) is 2.79. The highest BCUT2D eigenvalue weighted by molar-refractivity contribution is 5.19. The number of aromatic nitrogens is 3. The summed E-state index contributed by atoms with van der Waals surface area (Å²) in [7, 11) is 0. The Balaban J connectivity index is 2.04. The van der Waals surface area contributed by atoms with Crippen LogP contribution in [0.15, 0.2) is 30.7 Å². The molecule has 1 unspecified atom stereocenters. The number of nitrogens with one attached hydrogen (secondary N) is 1. The zero-order valence-corrected chi connectivity index (χ0v) is 11.0. The van der Waals surface area contributed by atoms with Crippen LogP contribution in [-0.4, -0.2) is 15.0 Å². The Bertz CT molecular complexity index is 601. The minimum absolute atomic E-state index is 0.0244. The van der Waals surface area contributed by atoms with Crippen LogP contribution in [0.5, 0.6) is 0 Å². The maximum Gasteiger partial charge on any atom is 0.417 e. The number of rotatable bonds is 4. The minimum atomic E-state index is -4.61. The predicted octanol–water partition coefficient (Wildman–Crippen LogP) is 2.88. The van der Waals surface area contributed by atoms with E-state index in [1.807, 2.05) is 0 Å². The first-order valence-electron chi connectivity index (χ1n) is 6.10. The molecule has 0 saturated carbocycles. The highest BCUT2D eigenvalue weighted by Crippen LogP contribution is 2.29. The molecule has 0 saturated heterocycles. The Hall–Kier alpha value is -2.09. The molecule has 2 rings (SSSR count). The zero-order valence-electron chi connectivity index (χ0n) is 11.0. The molecule has 2 aromatic rings. The number of nitrogens with zero attached hydrogens (tertiary/aromatic N) is 3. The molecule has 0 amide bonds. The van der Waals surface area contributed by atoms with Gasteiger partial charge in [-0.25, -0.2) is 14.4 Å². The Morgan fingerprint density at radius 2 is 1.86 bits per heavy atom. The van der Waals surface area contributed by atoms with Crippen molar-refractivity contribution in [2.24, 2.45) is 0 Å². The van der Waals surface area contributed by atoms with Crippen molar-refractivity contribution < 1.29 is 17.6 Å². The molecule has 1 N–H and O–H groups in total. The SMILES string of the molecule is CC(NCc1ncc(C(F)(F)F)cc1F)c1ncccn1. The van der Waals surface area contributed by atoms with Gasteiger partial charge in [-0.05, 0) is 19.1 Å². The van der Waals surface area contributed by atoms with E-state index in [-0.39, 0.29) is 18.3 Å². The highest BCUT2D eigenvalue weighted by Gasteiger charge is 2.31. The lowest BCUT2D eigenvalue weighted by Crippen LogP contribution is -2.21. The van der Waals surface area contributed by atoms with Crippen LogP contribution in [0.4, 0.5) is 17.6 Å². The molecule has 0 aromatic carbocycles. The molecule has 0 bridgehead atoms. The van der Waals surface area contributed by atoms with Gasteiger partial charge in [0.1, 0.15) is 11.6 Å². The van der Waals surface area contributed by atoms with E-state index in [0.29, 0.717) is 18.1 Å². The lowest BCUT2D eigenvalue weighted by atomic mass is 10.2. The molecule has 112 valence electrons. The average molecular weight is 300 g/mol. The van der Waals surface area contributed by atoms with Gasteiger partial charge in [-0.15, -0.1) is 0 Å². The summed E-state index contributed by atoms with van der Waals surface area (Å²) in [5, 5.41) is 2.91. The third-order valence-electron chi connectivity index (χ3n) is 2.79. The van der Waals surface area contributed by atoms with E-state index >= 15 is 0 Å². The van der Waals surface area contributed by atoms with Gasteiger partial charge in [0.25, 0.3) is 0 Å². The van der Waals surface area contributed by atoms with Crippen LogP contribution in [0.2, 0.25) is 0 Å². The van der Waals surface area contributed by atoms with Crippen LogP contribution in [0.1, 0.15) is 30.0 Å². The van der Waals surface area contributed by atoms with Gasteiger partial charge >= 0.3 is 6.18 Å². The van der Waals surface area contributed by atoms with Crippen molar-refractivity contribution in [3.05, 3.63) is 53.6 Å². The van der Waals surface area contributed by atoms with Crippen LogP contribution in [0, 0.1) is 5.82 Å². The summed E-state index contributed by atoms with van der Waals surface area (Å²) in [6.45, 7) is 1.74. The molecule has 0 aliphatic heterocycles. The summed E-state index contributed by atoms with van der Waals surface area (Å²) in [6.07, 6.45) is -0.857. The summed E-state index contributed by atoms with van der Waals surface area (Å²) in [5.74, 6) is -0.497. The number of hydrogen-bond donors (Lipinski definition) is 1. The summed E-state index contributed by atoms with van der Waals surface area (Å²) in [4.78, 5) is 11.6. The maximum atomic E-state index is 13.6. The molecule has 0 aliphatic rings. The van der Waals surface area contributed by atoms with Gasteiger partial charge in [-0.2, -0.15) is 13.2 Å². The van der Waals surface area contributed by atoms with Gasteiger partial charge in [0.15, 0.2) is 0 Å². The van der Waals surface area contributed by atoms with Crippen molar-refractivity contribution in [2.45, 2.75) is 25.7 Å². The molecule has 1 atom stereocenters. The molecule has 0 radical (unpaired) electrons. The van der Waals surface area contributed by atoms with Gasteiger partial charge in [-0.1, -0.05) is 0 Å². The standard InChI is InChI=1S/C13H12F4N4/c1-8(12-18-3-2-4-19-12)20-7-11-10(14)5-9(6-21-11)13(15,16)17/h2-6,8,20H,7H2,1H3. The fraction of sp³-hybridized carbons (Fsp3) is 0.308. The van der Waals surface area contributed by atoms with Crippen LogP contribution < -0.4 is 5.32 Å². The molecular formula is C13H12F4N4. The molecule has 21 heavy (non-hydrogen) atoms. The Morgan fingerprint density at radius 1 is 1.19 bits per heavy atom. The van der Waals surface area contributed by atoms with Crippen molar-refractivity contribution in [1.29, 1.82) is 0 Å². The van der Waals surface area contributed by atoms with Crippen LogP contribution in [-0.2, 0) is 12.7 Å². The average Bonchev–Trinajstić information content (AvgIpc) is 2.45. The number of hydrogen-bond acceptors (Lipinski definition) is 4. The Morgan fingerprint density at radius 3 is 2.43 bits per heavy atom. The first-order valence-corrected chi connectivity index (χ1v) is 6.10. The van der Waals surface area contributed by atoms with Crippen LogP contribution in [0.25, 0.3) is 0 Å². The Kier molecular flexibility index (Phi) is 4.46. The summed E-state index contributed by atoms with van der Waals surface area (Å²) in [5.41, 5.74) is -1.20. The first-order chi connectivity index (χ1) is 9.88. The first kappa shape index (κ1) is 15.3. The van der Waals surface area contributed by atoms with E-state index < -0.39 is 17.6 Å². The third kappa shape index (κ3) is 3.94. The van der Waals surface area contributed by atoms with Gasteiger partial charge < -0.3 is 5.32 Å². The van der Waals surface area contributed by atoms with Crippen molar-refractivity contribution in [2.75, 3.05) is 0 Å². The van der Waals surface area contributed by atoms with E-state index in [9.17, 15) is 17.6 Å². The van der Waals surface area contributed by atoms with Crippen molar-refractivity contribution in [3.63, 3.8) is 0 Å². The van der Waals surface area contributed by atoms with E-state index in [1.54, 1.807) is 25.4 Å². The molecule has 0 aliphatic carbocycles. The normalized spacial score (nSPS) is 13.2. The number of alkyl halides is 3. The molecule has 4 nitrogen and oxygen atoms in total. The summed E-state index contributed by atoms with van der Waals surface area (Å²) < 4.78 is 50.8. The molecule has 0 spiro atoms. The zero-order chi connectivity index (χ0) is 15.5. The van der Waals surface area contributed by atoms with Crippen LogP contribution >= 0.6 is 0 Å². The second kappa shape index (κ2) is 6.13.